The van der Waals surface area contributed by atoms with Gasteiger partial charge in [-0.05, 0) is 22.8 Å². The van der Waals surface area contributed by atoms with Gasteiger partial charge in [0.05, 0.1) is 13.2 Å². The Morgan fingerprint density at radius 1 is 1.20 bits per heavy atom. The van der Waals surface area contributed by atoms with Crippen LogP contribution in [-0.4, -0.2) is 18.3 Å². The van der Waals surface area contributed by atoms with Crippen LogP contribution in [-0.2, 0) is 4.74 Å². The van der Waals surface area contributed by atoms with Crippen LogP contribution in [0.4, 0.5) is 4.79 Å². The van der Waals surface area contributed by atoms with E-state index in [9.17, 15) is 9.90 Å². The summed E-state index contributed by atoms with van der Waals surface area (Å²) in [6.45, 7) is 3.98. The largest absolute Gasteiger partial charge is 0.508 e. The van der Waals surface area contributed by atoms with Crippen molar-refractivity contribution in [1.82, 2.24) is 5.32 Å². The van der Waals surface area contributed by atoms with Gasteiger partial charge in [0.1, 0.15) is 5.75 Å². The van der Waals surface area contributed by atoms with Crippen LogP contribution in [0, 0.1) is 5.92 Å². The molecule has 4 nitrogen and oxygen atoms in total. The predicted octanol–water partition coefficient (Wildman–Crippen LogP) is 3.60. The van der Waals surface area contributed by atoms with Crippen molar-refractivity contribution in [3.8, 4) is 5.75 Å². The monoisotopic (exact) mass is 273 g/mol. The van der Waals surface area contributed by atoms with Gasteiger partial charge >= 0.3 is 6.09 Å². The number of methoxy groups -OCH3 is 1. The summed E-state index contributed by atoms with van der Waals surface area (Å²) >= 11 is 0. The summed E-state index contributed by atoms with van der Waals surface area (Å²) < 4.78 is 4.67. The molecule has 0 radical (unpaired) electrons. The number of fused-ring (bicyclic) bond motifs is 1. The molecule has 2 N–H and O–H groups in total. The Balaban J connectivity index is 2.57. The average molecular weight is 273 g/mol. The zero-order valence-electron chi connectivity index (χ0n) is 11.9. The number of phenols is 1. The second-order valence-electron chi connectivity index (χ2n) is 5.08. The second-order valence-corrected chi connectivity index (χ2v) is 5.08. The predicted molar refractivity (Wildman–Crippen MR) is 78.7 cm³/mol. The molecule has 2 rings (SSSR count). The van der Waals surface area contributed by atoms with Gasteiger partial charge in [-0.25, -0.2) is 4.79 Å². The average Bonchev–Trinajstić information content (AvgIpc) is 2.45. The maximum absolute atomic E-state index is 11.5. The van der Waals surface area contributed by atoms with Crippen LogP contribution < -0.4 is 5.32 Å². The molecule has 0 bridgehead atoms. The van der Waals surface area contributed by atoms with Gasteiger partial charge in [0.25, 0.3) is 0 Å². The maximum Gasteiger partial charge on any atom is 0.407 e. The van der Waals surface area contributed by atoms with Crippen LogP contribution in [0.2, 0.25) is 0 Å². The molecule has 106 valence electrons. The fourth-order valence-electron chi connectivity index (χ4n) is 2.37. The fraction of sp³-hybridized carbons (Fsp3) is 0.312. The molecule has 0 aliphatic rings. The molecule has 0 aromatic heterocycles. The van der Waals surface area contributed by atoms with E-state index in [4.69, 9.17) is 0 Å². The van der Waals surface area contributed by atoms with Crippen LogP contribution in [0.25, 0.3) is 10.8 Å². The Labute approximate surface area is 118 Å². The van der Waals surface area contributed by atoms with E-state index in [1.807, 2.05) is 44.2 Å². The number of phenolic OH excluding ortho intramolecular Hbond substituents is 1. The molecule has 0 saturated carbocycles. The molecule has 1 unspecified atom stereocenters. The number of rotatable bonds is 3. The van der Waals surface area contributed by atoms with Gasteiger partial charge in [-0.2, -0.15) is 0 Å². The number of benzene rings is 2. The van der Waals surface area contributed by atoms with Crippen molar-refractivity contribution in [3.63, 3.8) is 0 Å². The third kappa shape index (κ3) is 2.69. The number of carbonyl (C=O) groups excluding carboxylic acids is 1. The van der Waals surface area contributed by atoms with Gasteiger partial charge < -0.3 is 15.2 Å². The maximum atomic E-state index is 11.5. The minimum absolute atomic E-state index is 0.116. The van der Waals surface area contributed by atoms with Crippen LogP contribution in [0.15, 0.2) is 36.4 Å². The molecule has 0 fully saturated rings. The first kappa shape index (κ1) is 14.2. The Bertz CT molecular complexity index is 622. The van der Waals surface area contributed by atoms with E-state index in [0.29, 0.717) is 0 Å². The Kier molecular flexibility index (Phi) is 4.13. The molecule has 20 heavy (non-hydrogen) atoms. The highest BCUT2D eigenvalue weighted by Gasteiger charge is 2.23. The van der Waals surface area contributed by atoms with Crippen molar-refractivity contribution < 1.29 is 14.6 Å². The normalized spacial score (nSPS) is 12.4. The summed E-state index contributed by atoms with van der Waals surface area (Å²) in [4.78, 5) is 11.5. The van der Waals surface area contributed by atoms with E-state index >= 15 is 0 Å². The van der Waals surface area contributed by atoms with Crippen molar-refractivity contribution in [3.05, 3.63) is 42.0 Å². The SMILES string of the molecule is COC(=O)NC(c1c(O)ccc2ccccc12)C(C)C. The lowest BCUT2D eigenvalue weighted by molar-refractivity contribution is 0.163. The van der Waals surface area contributed by atoms with E-state index < -0.39 is 6.09 Å². The van der Waals surface area contributed by atoms with Crippen molar-refractivity contribution in [1.29, 1.82) is 0 Å². The topological polar surface area (TPSA) is 58.6 Å². The van der Waals surface area contributed by atoms with Crippen LogP contribution >= 0.6 is 0 Å². The van der Waals surface area contributed by atoms with E-state index in [1.165, 1.54) is 7.11 Å². The lowest BCUT2D eigenvalue weighted by Crippen LogP contribution is -2.31. The summed E-state index contributed by atoms with van der Waals surface area (Å²) in [5, 5.41) is 15.0. The van der Waals surface area contributed by atoms with E-state index in [-0.39, 0.29) is 17.7 Å². The number of ether oxygens (including phenoxy) is 1. The minimum Gasteiger partial charge on any atom is -0.508 e. The highest BCUT2D eigenvalue weighted by Crippen LogP contribution is 2.35. The van der Waals surface area contributed by atoms with Gasteiger partial charge in [0, 0.05) is 5.56 Å². The van der Waals surface area contributed by atoms with E-state index in [0.717, 1.165) is 16.3 Å². The number of hydrogen-bond acceptors (Lipinski definition) is 3. The zero-order chi connectivity index (χ0) is 14.7. The number of amides is 1. The summed E-state index contributed by atoms with van der Waals surface area (Å²) in [5.41, 5.74) is 0.725. The van der Waals surface area contributed by atoms with Crippen molar-refractivity contribution >= 4 is 16.9 Å². The molecule has 2 aromatic carbocycles. The van der Waals surface area contributed by atoms with Crippen molar-refractivity contribution in [2.24, 2.45) is 5.92 Å². The summed E-state index contributed by atoms with van der Waals surface area (Å²) in [5.74, 6) is 0.296. The van der Waals surface area contributed by atoms with Gasteiger partial charge in [-0.15, -0.1) is 0 Å². The third-order valence-corrected chi connectivity index (χ3v) is 3.38. The van der Waals surface area contributed by atoms with Gasteiger partial charge in [-0.1, -0.05) is 44.2 Å². The Morgan fingerprint density at radius 3 is 2.55 bits per heavy atom. The molecule has 2 aromatic rings. The fourth-order valence-corrected chi connectivity index (χ4v) is 2.37. The van der Waals surface area contributed by atoms with E-state index in [2.05, 4.69) is 10.1 Å². The quantitative estimate of drug-likeness (QED) is 0.898. The molecule has 4 heteroatoms. The molecule has 0 aliphatic carbocycles. The van der Waals surface area contributed by atoms with Crippen LogP contribution in [0.5, 0.6) is 5.75 Å². The molecule has 1 atom stereocenters. The molecular weight excluding hydrogens is 254 g/mol. The highest BCUT2D eigenvalue weighted by molar-refractivity contribution is 5.88. The van der Waals surface area contributed by atoms with Crippen LogP contribution in [0.3, 0.4) is 0 Å². The lowest BCUT2D eigenvalue weighted by Gasteiger charge is -2.24. The third-order valence-electron chi connectivity index (χ3n) is 3.38. The van der Waals surface area contributed by atoms with Crippen molar-refractivity contribution in [2.75, 3.05) is 7.11 Å². The number of nitrogens with one attached hydrogen (secondary N) is 1. The molecule has 0 saturated heterocycles. The first-order valence-corrected chi connectivity index (χ1v) is 6.59. The highest BCUT2D eigenvalue weighted by atomic mass is 16.5. The summed E-state index contributed by atoms with van der Waals surface area (Å²) in [6.07, 6.45) is -0.504. The molecule has 0 spiro atoms. The standard InChI is InChI=1S/C16H19NO3/c1-10(2)15(17-16(19)20-3)14-12-7-5-4-6-11(12)8-9-13(14)18/h4-10,15,18H,1-3H3,(H,17,19). The van der Waals surface area contributed by atoms with Crippen molar-refractivity contribution in [2.45, 2.75) is 19.9 Å². The first-order chi connectivity index (χ1) is 9.54. The molecule has 0 aliphatic heterocycles. The first-order valence-electron chi connectivity index (χ1n) is 6.59. The summed E-state index contributed by atoms with van der Waals surface area (Å²) in [7, 11) is 1.33. The number of alkyl carbamates (subject to hydrolysis) is 1. The lowest BCUT2D eigenvalue weighted by atomic mass is 9.91. The smallest absolute Gasteiger partial charge is 0.407 e. The van der Waals surface area contributed by atoms with E-state index in [1.54, 1.807) is 6.07 Å². The molecule has 1 amide bonds. The Hall–Kier alpha value is -2.23. The van der Waals surface area contributed by atoms with Gasteiger partial charge in [0.15, 0.2) is 0 Å². The van der Waals surface area contributed by atoms with Gasteiger partial charge in [0.2, 0.25) is 0 Å². The zero-order valence-corrected chi connectivity index (χ0v) is 11.9. The number of hydrogen-bond donors (Lipinski definition) is 2. The molecular formula is C16H19NO3. The van der Waals surface area contributed by atoms with Gasteiger partial charge in [-0.3, -0.25) is 0 Å². The Morgan fingerprint density at radius 2 is 1.90 bits per heavy atom. The van der Waals surface area contributed by atoms with Crippen LogP contribution in [0.1, 0.15) is 25.5 Å². The number of aromatic hydroxyl groups is 1. The summed E-state index contributed by atoms with van der Waals surface area (Å²) in [6, 6.07) is 11.0. The molecule has 0 heterocycles. The number of carbonyl (C=O) groups is 1. The minimum atomic E-state index is -0.504. The second kappa shape index (κ2) is 5.82.